The third-order valence-corrected chi connectivity index (χ3v) is 4.84. The Balaban J connectivity index is 1.56. The van der Waals surface area contributed by atoms with Crippen molar-refractivity contribution in [3.8, 4) is 11.3 Å². The van der Waals surface area contributed by atoms with E-state index in [0.29, 0.717) is 4.91 Å². The second kappa shape index (κ2) is 6.68. The molecule has 2 aliphatic rings. The van der Waals surface area contributed by atoms with Crippen molar-refractivity contribution in [2.24, 2.45) is 5.92 Å². The maximum Gasteiger partial charge on any atom is 0.290 e. The maximum absolute atomic E-state index is 11.7. The highest BCUT2D eigenvalue weighted by Gasteiger charge is 2.25. The van der Waals surface area contributed by atoms with E-state index in [1.807, 2.05) is 24.3 Å². The van der Waals surface area contributed by atoms with Gasteiger partial charge in [0.15, 0.2) is 0 Å². The zero-order valence-electron chi connectivity index (χ0n) is 13.4. The fourth-order valence-corrected chi connectivity index (χ4v) is 3.20. The molecule has 0 bridgehead atoms. The molecule has 126 valence electrons. The molecule has 0 atom stereocenters. The molecule has 2 N–H and O–H groups in total. The molecule has 1 aliphatic heterocycles. The molecule has 2 heterocycles. The van der Waals surface area contributed by atoms with Gasteiger partial charge in [-0.15, -0.1) is 0 Å². The van der Waals surface area contributed by atoms with Crippen LogP contribution >= 0.6 is 11.8 Å². The smallest absolute Gasteiger partial charge is 0.290 e. The molecular formula is C18H16N4O2S. The van der Waals surface area contributed by atoms with Crippen molar-refractivity contribution in [3.05, 3.63) is 47.1 Å². The van der Waals surface area contributed by atoms with Crippen molar-refractivity contribution in [2.45, 2.75) is 12.8 Å². The molecule has 2 amide bonds. The van der Waals surface area contributed by atoms with Crippen LogP contribution in [-0.2, 0) is 4.79 Å². The Labute approximate surface area is 149 Å². The van der Waals surface area contributed by atoms with Gasteiger partial charge < -0.3 is 5.32 Å². The molecule has 1 saturated carbocycles. The number of hydrogen-bond acceptors (Lipinski definition) is 6. The highest BCUT2D eigenvalue weighted by atomic mass is 32.2. The van der Waals surface area contributed by atoms with Crippen LogP contribution in [0.3, 0.4) is 0 Å². The quantitative estimate of drug-likeness (QED) is 0.804. The summed E-state index contributed by atoms with van der Waals surface area (Å²) in [5.74, 6) is 1.18. The summed E-state index contributed by atoms with van der Waals surface area (Å²) >= 11 is 0.911. The van der Waals surface area contributed by atoms with Crippen molar-refractivity contribution in [3.63, 3.8) is 0 Å². The Hall–Kier alpha value is -2.67. The molecule has 2 fully saturated rings. The summed E-state index contributed by atoms with van der Waals surface area (Å²) in [7, 11) is 0. The molecule has 1 saturated heterocycles. The molecular weight excluding hydrogens is 336 g/mol. The van der Waals surface area contributed by atoms with E-state index < -0.39 is 0 Å². The van der Waals surface area contributed by atoms with Crippen LogP contribution in [0.15, 0.2) is 41.6 Å². The van der Waals surface area contributed by atoms with Crippen LogP contribution in [0.1, 0.15) is 18.4 Å². The van der Waals surface area contributed by atoms with Gasteiger partial charge in [-0.05, 0) is 48.2 Å². The van der Waals surface area contributed by atoms with Crippen LogP contribution in [0.2, 0.25) is 0 Å². The lowest BCUT2D eigenvalue weighted by atomic mass is 10.1. The number of amides is 2. The molecule has 4 rings (SSSR count). The summed E-state index contributed by atoms with van der Waals surface area (Å²) < 4.78 is 0. The first-order valence-electron chi connectivity index (χ1n) is 8.08. The van der Waals surface area contributed by atoms with E-state index in [0.717, 1.165) is 46.9 Å². The van der Waals surface area contributed by atoms with Gasteiger partial charge in [-0.25, -0.2) is 4.98 Å². The van der Waals surface area contributed by atoms with Gasteiger partial charge in [0.1, 0.15) is 5.82 Å². The van der Waals surface area contributed by atoms with Crippen LogP contribution in [0.4, 0.5) is 10.6 Å². The fourth-order valence-electron chi connectivity index (χ4n) is 2.52. The number of nitrogens with one attached hydrogen (secondary N) is 2. The molecule has 0 radical (unpaired) electrons. The van der Waals surface area contributed by atoms with E-state index in [2.05, 4.69) is 20.6 Å². The molecule has 0 unspecified atom stereocenters. The predicted octanol–water partition coefficient (Wildman–Crippen LogP) is 3.29. The summed E-state index contributed by atoms with van der Waals surface area (Å²) in [6, 6.07) is 7.66. The zero-order chi connectivity index (χ0) is 17.2. The van der Waals surface area contributed by atoms with Crippen molar-refractivity contribution in [1.29, 1.82) is 0 Å². The topological polar surface area (TPSA) is 84.0 Å². The Morgan fingerprint density at radius 1 is 1.28 bits per heavy atom. The van der Waals surface area contributed by atoms with Gasteiger partial charge in [0, 0.05) is 12.1 Å². The maximum atomic E-state index is 11.7. The van der Waals surface area contributed by atoms with E-state index in [4.69, 9.17) is 0 Å². The normalized spacial score (nSPS) is 18.5. The van der Waals surface area contributed by atoms with Gasteiger partial charge in [-0.2, -0.15) is 0 Å². The molecule has 25 heavy (non-hydrogen) atoms. The van der Waals surface area contributed by atoms with Gasteiger partial charge >= 0.3 is 0 Å². The number of carbonyl (C=O) groups is 2. The van der Waals surface area contributed by atoms with Crippen LogP contribution in [0, 0.1) is 5.92 Å². The Morgan fingerprint density at radius 3 is 2.92 bits per heavy atom. The molecule has 1 aromatic carbocycles. The first-order chi connectivity index (χ1) is 12.2. The van der Waals surface area contributed by atoms with E-state index in [1.165, 1.54) is 12.8 Å². The number of thioether (sulfide) groups is 1. The van der Waals surface area contributed by atoms with Crippen LogP contribution in [-0.4, -0.2) is 27.7 Å². The third-order valence-electron chi connectivity index (χ3n) is 4.03. The number of nitrogens with zero attached hydrogens (tertiary/aromatic N) is 2. The Bertz CT molecular complexity index is 877. The lowest BCUT2D eigenvalue weighted by Gasteiger charge is -2.07. The summed E-state index contributed by atoms with van der Waals surface area (Å²) in [5, 5.41) is 5.24. The first kappa shape index (κ1) is 15.8. The largest absolute Gasteiger partial charge is 0.368 e. The van der Waals surface area contributed by atoms with Gasteiger partial charge in [0.2, 0.25) is 0 Å². The van der Waals surface area contributed by atoms with Crippen LogP contribution in [0.5, 0.6) is 0 Å². The number of hydrogen-bond donors (Lipinski definition) is 2. The molecule has 0 spiro atoms. The molecule has 7 heteroatoms. The number of carbonyl (C=O) groups excluding carboxylic acids is 2. The number of anilines is 1. The predicted molar refractivity (Wildman–Crippen MR) is 97.8 cm³/mol. The molecule has 2 aromatic rings. The highest BCUT2D eigenvalue weighted by molar-refractivity contribution is 8.18. The lowest BCUT2D eigenvalue weighted by Crippen LogP contribution is -2.17. The average molecular weight is 352 g/mol. The molecule has 6 nitrogen and oxygen atoms in total. The van der Waals surface area contributed by atoms with Crippen molar-refractivity contribution < 1.29 is 9.59 Å². The van der Waals surface area contributed by atoms with Crippen molar-refractivity contribution in [1.82, 2.24) is 15.3 Å². The fraction of sp³-hybridized carbons (Fsp3) is 0.222. The monoisotopic (exact) mass is 352 g/mol. The summed E-state index contributed by atoms with van der Waals surface area (Å²) in [5.41, 5.74) is 2.51. The van der Waals surface area contributed by atoms with Gasteiger partial charge in [0.05, 0.1) is 23.0 Å². The Kier molecular flexibility index (Phi) is 4.23. The minimum atomic E-state index is -0.355. The molecule has 1 aliphatic carbocycles. The standard InChI is InChI=1S/C18H16N4O2S/c23-17-15(25-18(24)22-17)7-12-2-1-3-13(6-12)14-9-19-10-16(21-14)20-8-11-4-5-11/h1-3,6-7,9-11H,4-5,8H2,(H,20,21)(H,22,23,24)/b15-7-. The van der Waals surface area contributed by atoms with E-state index >= 15 is 0 Å². The minimum Gasteiger partial charge on any atom is -0.368 e. The summed E-state index contributed by atoms with van der Waals surface area (Å²) in [6.45, 7) is 0.935. The second-order valence-electron chi connectivity index (χ2n) is 6.09. The zero-order valence-corrected chi connectivity index (χ0v) is 14.2. The number of imide groups is 1. The highest BCUT2D eigenvalue weighted by Crippen LogP contribution is 2.29. The first-order valence-corrected chi connectivity index (χ1v) is 8.90. The van der Waals surface area contributed by atoms with Crippen LogP contribution in [0.25, 0.3) is 17.3 Å². The van der Waals surface area contributed by atoms with E-state index in [1.54, 1.807) is 18.5 Å². The second-order valence-corrected chi connectivity index (χ2v) is 7.11. The number of rotatable bonds is 5. The number of benzene rings is 1. The summed E-state index contributed by atoms with van der Waals surface area (Å²) in [6.07, 6.45) is 7.71. The molecule has 1 aromatic heterocycles. The number of aromatic nitrogens is 2. The van der Waals surface area contributed by atoms with Crippen molar-refractivity contribution >= 4 is 34.8 Å². The van der Waals surface area contributed by atoms with Crippen molar-refractivity contribution in [2.75, 3.05) is 11.9 Å². The SMILES string of the molecule is O=C1NC(=O)/C(=C/c2cccc(-c3cncc(NCC4CC4)n3)c2)S1. The van der Waals surface area contributed by atoms with Crippen LogP contribution < -0.4 is 10.6 Å². The third kappa shape index (κ3) is 3.88. The van der Waals surface area contributed by atoms with Gasteiger partial charge in [-0.1, -0.05) is 18.2 Å². The van der Waals surface area contributed by atoms with Gasteiger partial charge in [0.25, 0.3) is 11.1 Å². The lowest BCUT2D eigenvalue weighted by molar-refractivity contribution is -0.115. The summed E-state index contributed by atoms with van der Waals surface area (Å²) in [4.78, 5) is 32.2. The minimum absolute atomic E-state index is 0.340. The van der Waals surface area contributed by atoms with Gasteiger partial charge in [-0.3, -0.25) is 19.9 Å². The van der Waals surface area contributed by atoms with E-state index in [-0.39, 0.29) is 11.1 Å². The van der Waals surface area contributed by atoms with E-state index in [9.17, 15) is 9.59 Å². The Morgan fingerprint density at radius 2 is 2.16 bits per heavy atom. The average Bonchev–Trinajstić information content (AvgIpc) is 3.39.